The Morgan fingerprint density at radius 1 is 1.21 bits per heavy atom. The number of anilines is 1. The second-order valence-electron chi connectivity index (χ2n) is 4.16. The van der Waals surface area contributed by atoms with Crippen LogP contribution in [-0.2, 0) is 16.4 Å². The number of aromatic nitrogens is 1. The summed E-state index contributed by atoms with van der Waals surface area (Å²) >= 11 is 0. The second-order valence-corrected chi connectivity index (χ2v) is 6.18. The molecule has 0 aliphatic rings. The van der Waals surface area contributed by atoms with Crippen LogP contribution in [0, 0.1) is 5.82 Å². The van der Waals surface area contributed by atoms with Gasteiger partial charge in [-0.25, -0.2) is 12.8 Å². The molecule has 0 spiro atoms. The van der Waals surface area contributed by atoms with Crippen LogP contribution in [0.4, 0.5) is 10.1 Å². The van der Waals surface area contributed by atoms with Gasteiger partial charge in [-0.05, 0) is 17.7 Å². The van der Waals surface area contributed by atoms with Crippen molar-refractivity contribution in [3.8, 4) is 0 Å². The molecule has 2 rings (SSSR count). The van der Waals surface area contributed by atoms with Gasteiger partial charge in [-0.3, -0.25) is 4.98 Å². The zero-order chi connectivity index (χ0) is 13.9. The van der Waals surface area contributed by atoms with Crippen molar-refractivity contribution < 1.29 is 12.8 Å². The summed E-state index contributed by atoms with van der Waals surface area (Å²) in [6.45, 7) is 0.467. The first-order valence-corrected chi connectivity index (χ1v) is 7.48. The summed E-state index contributed by atoms with van der Waals surface area (Å²) < 4.78 is 35.5. The molecular weight excluding hydrogens is 267 g/mol. The maximum Gasteiger partial charge on any atom is 0.175 e. The van der Waals surface area contributed by atoms with E-state index in [-0.39, 0.29) is 4.90 Å². The summed E-state index contributed by atoms with van der Waals surface area (Å²) in [4.78, 5) is 4.01. The van der Waals surface area contributed by atoms with E-state index >= 15 is 0 Å². The minimum Gasteiger partial charge on any atom is -0.380 e. The molecule has 0 bridgehead atoms. The molecule has 0 aliphatic carbocycles. The molecule has 1 heterocycles. The van der Waals surface area contributed by atoms with Gasteiger partial charge >= 0.3 is 0 Å². The fourth-order valence-corrected chi connectivity index (χ4v) is 2.20. The molecule has 19 heavy (non-hydrogen) atoms. The molecule has 1 aromatic heterocycles. The molecule has 0 amide bonds. The molecule has 4 nitrogen and oxygen atoms in total. The number of nitrogens with zero attached hydrogens (tertiary/aromatic N) is 1. The SMILES string of the molecule is CS(=O)(=O)c1ccc(CNc2cncc(F)c2)cc1. The van der Waals surface area contributed by atoms with E-state index in [1.807, 2.05) is 0 Å². The summed E-state index contributed by atoms with van der Waals surface area (Å²) in [5.74, 6) is -0.405. The number of halogens is 1. The zero-order valence-electron chi connectivity index (χ0n) is 10.3. The van der Waals surface area contributed by atoms with Gasteiger partial charge < -0.3 is 5.32 Å². The van der Waals surface area contributed by atoms with E-state index in [2.05, 4.69) is 10.3 Å². The number of sulfone groups is 1. The smallest absolute Gasteiger partial charge is 0.175 e. The molecule has 2 aromatic rings. The Morgan fingerprint density at radius 2 is 1.89 bits per heavy atom. The van der Waals surface area contributed by atoms with Gasteiger partial charge in [0.25, 0.3) is 0 Å². The molecule has 0 saturated carbocycles. The molecular formula is C13H13FN2O2S. The van der Waals surface area contributed by atoms with E-state index in [0.29, 0.717) is 12.2 Å². The molecule has 0 aliphatic heterocycles. The maximum absolute atomic E-state index is 12.9. The van der Waals surface area contributed by atoms with Gasteiger partial charge in [-0.15, -0.1) is 0 Å². The lowest BCUT2D eigenvalue weighted by Crippen LogP contribution is -2.01. The fourth-order valence-electron chi connectivity index (χ4n) is 1.57. The summed E-state index contributed by atoms with van der Waals surface area (Å²) in [6, 6.07) is 7.89. The topological polar surface area (TPSA) is 59.1 Å². The van der Waals surface area contributed by atoms with Crippen LogP contribution in [0.25, 0.3) is 0 Å². The van der Waals surface area contributed by atoms with Crippen LogP contribution in [0.15, 0.2) is 47.6 Å². The van der Waals surface area contributed by atoms with Gasteiger partial charge in [-0.2, -0.15) is 0 Å². The van der Waals surface area contributed by atoms with E-state index < -0.39 is 15.7 Å². The van der Waals surface area contributed by atoms with Crippen molar-refractivity contribution in [3.05, 3.63) is 54.1 Å². The number of benzene rings is 1. The van der Waals surface area contributed by atoms with Crippen LogP contribution in [0.1, 0.15) is 5.56 Å². The van der Waals surface area contributed by atoms with Crippen LogP contribution in [0.2, 0.25) is 0 Å². The van der Waals surface area contributed by atoms with E-state index in [1.165, 1.54) is 18.5 Å². The molecule has 0 fully saturated rings. The highest BCUT2D eigenvalue weighted by Crippen LogP contribution is 2.12. The van der Waals surface area contributed by atoms with Gasteiger partial charge in [0.05, 0.1) is 23.0 Å². The van der Waals surface area contributed by atoms with Crippen molar-refractivity contribution in [1.29, 1.82) is 0 Å². The van der Waals surface area contributed by atoms with E-state index in [0.717, 1.165) is 11.8 Å². The fraction of sp³-hybridized carbons (Fsp3) is 0.154. The Balaban J connectivity index is 2.05. The van der Waals surface area contributed by atoms with Crippen molar-refractivity contribution in [1.82, 2.24) is 4.98 Å². The summed E-state index contributed by atoms with van der Waals surface area (Å²) in [5.41, 5.74) is 1.48. The minimum absolute atomic E-state index is 0.281. The Morgan fingerprint density at radius 3 is 2.47 bits per heavy atom. The first kappa shape index (κ1) is 13.5. The van der Waals surface area contributed by atoms with Crippen molar-refractivity contribution >= 4 is 15.5 Å². The third-order valence-electron chi connectivity index (χ3n) is 2.55. The predicted octanol–water partition coefficient (Wildman–Crippen LogP) is 2.24. The monoisotopic (exact) mass is 280 g/mol. The number of pyridine rings is 1. The minimum atomic E-state index is -3.17. The van der Waals surface area contributed by atoms with Crippen LogP contribution >= 0.6 is 0 Å². The molecule has 0 saturated heterocycles. The Bertz CT molecular complexity index is 669. The Kier molecular flexibility index (Phi) is 3.80. The molecule has 0 radical (unpaired) electrons. The lowest BCUT2D eigenvalue weighted by Gasteiger charge is -2.06. The molecule has 6 heteroatoms. The van der Waals surface area contributed by atoms with Crippen molar-refractivity contribution in [2.24, 2.45) is 0 Å². The zero-order valence-corrected chi connectivity index (χ0v) is 11.1. The highest BCUT2D eigenvalue weighted by molar-refractivity contribution is 7.90. The summed E-state index contributed by atoms with van der Waals surface area (Å²) in [6.07, 6.45) is 3.82. The second kappa shape index (κ2) is 5.36. The number of nitrogens with one attached hydrogen (secondary N) is 1. The molecule has 0 atom stereocenters. The van der Waals surface area contributed by atoms with Crippen molar-refractivity contribution in [2.75, 3.05) is 11.6 Å². The third-order valence-corrected chi connectivity index (χ3v) is 3.68. The Labute approximate surface area is 111 Å². The normalized spacial score (nSPS) is 11.3. The highest BCUT2D eigenvalue weighted by Gasteiger charge is 2.05. The molecule has 100 valence electrons. The molecule has 1 N–H and O–H groups in total. The maximum atomic E-state index is 12.9. The van der Waals surface area contributed by atoms with Crippen molar-refractivity contribution in [3.63, 3.8) is 0 Å². The van der Waals surface area contributed by atoms with E-state index in [4.69, 9.17) is 0 Å². The van der Waals surface area contributed by atoms with Crippen LogP contribution < -0.4 is 5.32 Å². The number of rotatable bonds is 4. The lowest BCUT2D eigenvalue weighted by molar-refractivity contribution is 0.602. The average Bonchev–Trinajstić information content (AvgIpc) is 2.36. The summed E-state index contributed by atoms with van der Waals surface area (Å²) in [7, 11) is -3.17. The first-order valence-electron chi connectivity index (χ1n) is 5.58. The Hall–Kier alpha value is -1.95. The van der Waals surface area contributed by atoms with Crippen LogP contribution in [0.5, 0.6) is 0 Å². The van der Waals surface area contributed by atoms with Gasteiger partial charge in [0, 0.05) is 18.9 Å². The van der Waals surface area contributed by atoms with Gasteiger partial charge in [-0.1, -0.05) is 12.1 Å². The van der Waals surface area contributed by atoms with E-state index in [1.54, 1.807) is 24.3 Å². The standard InChI is InChI=1S/C13H13FN2O2S/c1-19(17,18)13-4-2-10(3-5-13)7-16-12-6-11(14)8-15-9-12/h2-6,8-9,16H,7H2,1H3. The quantitative estimate of drug-likeness (QED) is 0.933. The van der Waals surface area contributed by atoms with Gasteiger partial charge in [0.1, 0.15) is 5.82 Å². The predicted molar refractivity (Wildman–Crippen MR) is 71.1 cm³/mol. The lowest BCUT2D eigenvalue weighted by atomic mass is 10.2. The highest BCUT2D eigenvalue weighted by atomic mass is 32.2. The summed E-state index contributed by atoms with van der Waals surface area (Å²) in [5, 5.41) is 3.01. The average molecular weight is 280 g/mol. The van der Waals surface area contributed by atoms with Crippen LogP contribution in [0.3, 0.4) is 0 Å². The molecule has 1 aromatic carbocycles. The largest absolute Gasteiger partial charge is 0.380 e. The van der Waals surface area contributed by atoms with E-state index in [9.17, 15) is 12.8 Å². The van der Waals surface area contributed by atoms with Crippen LogP contribution in [-0.4, -0.2) is 19.7 Å². The van der Waals surface area contributed by atoms with Gasteiger partial charge in [0.2, 0.25) is 0 Å². The first-order chi connectivity index (χ1) is 8.95. The van der Waals surface area contributed by atoms with Crippen molar-refractivity contribution in [2.45, 2.75) is 11.4 Å². The molecule has 0 unspecified atom stereocenters. The number of hydrogen-bond donors (Lipinski definition) is 1. The van der Waals surface area contributed by atoms with Gasteiger partial charge in [0.15, 0.2) is 9.84 Å². The number of hydrogen-bond acceptors (Lipinski definition) is 4. The third kappa shape index (κ3) is 3.75.